The molecule has 0 amide bonds. The number of fused-ring (bicyclic) bond motifs is 1. The van der Waals surface area contributed by atoms with Crippen LogP contribution in [-0.2, 0) is 6.54 Å². The van der Waals surface area contributed by atoms with Gasteiger partial charge in [0.25, 0.3) is 5.22 Å². The Morgan fingerprint density at radius 3 is 3.04 bits per heavy atom. The molecule has 1 N–H and O–H groups in total. The van der Waals surface area contributed by atoms with Crippen molar-refractivity contribution in [3.05, 3.63) is 35.9 Å². The normalized spacial score (nSPS) is 19.5. The molecule has 3 aromatic heterocycles. The van der Waals surface area contributed by atoms with Gasteiger partial charge in [-0.25, -0.2) is 14.3 Å². The van der Waals surface area contributed by atoms with E-state index in [1.807, 2.05) is 16.8 Å². The van der Waals surface area contributed by atoms with Crippen molar-refractivity contribution < 1.29 is 4.42 Å². The molecule has 0 unspecified atom stereocenters. The molecule has 1 aliphatic heterocycles. The lowest BCUT2D eigenvalue weighted by atomic mass is 10.3. The van der Waals surface area contributed by atoms with Crippen LogP contribution in [0, 0.1) is 6.92 Å². The van der Waals surface area contributed by atoms with Gasteiger partial charge in [0.15, 0.2) is 5.82 Å². The van der Waals surface area contributed by atoms with E-state index in [0.717, 1.165) is 11.7 Å². The molecule has 10 heteroatoms. The second-order valence-electron chi connectivity index (χ2n) is 6.17. The molecular formula is C15H16N8OS. The molecule has 1 aliphatic carbocycles. The lowest BCUT2D eigenvalue weighted by molar-refractivity contribution is 0.411. The van der Waals surface area contributed by atoms with Gasteiger partial charge in [0, 0.05) is 48.9 Å². The first-order chi connectivity index (χ1) is 12.2. The minimum atomic E-state index is 0.521. The average Bonchev–Trinajstić information content (AvgIpc) is 2.97. The summed E-state index contributed by atoms with van der Waals surface area (Å²) in [5, 5.41) is 15.9. The van der Waals surface area contributed by atoms with Gasteiger partial charge in [-0.15, -0.1) is 5.10 Å². The lowest BCUT2D eigenvalue weighted by Crippen LogP contribution is -2.35. The minimum absolute atomic E-state index is 0.521. The first kappa shape index (κ1) is 14.8. The van der Waals surface area contributed by atoms with Gasteiger partial charge in [0.05, 0.1) is 13.1 Å². The summed E-state index contributed by atoms with van der Waals surface area (Å²) in [5.41, 5.74) is 1.17. The van der Waals surface area contributed by atoms with E-state index in [4.69, 9.17) is 9.41 Å². The van der Waals surface area contributed by atoms with Crippen LogP contribution in [0.2, 0.25) is 0 Å². The first-order valence-corrected chi connectivity index (χ1v) is 8.90. The molecule has 1 fully saturated rings. The summed E-state index contributed by atoms with van der Waals surface area (Å²) in [6, 6.07) is 2.04. The average molecular weight is 356 g/mol. The molecule has 128 valence electrons. The molecule has 0 atom stereocenters. The Kier molecular flexibility index (Phi) is 3.45. The van der Waals surface area contributed by atoms with E-state index in [1.165, 1.54) is 30.5 Å². The highest BCUT2D eigenvalue weighted by Gasteiger charge is 2.27. The predicted molar refractivity (Wildman–Crippen MR) is 90.6 cm³/mol. The van der Waals surface area contributed by atoms with Crippen molar-refractivity contribution in [3.63, 3.8) is 0 Å². The van der Waals surface area contributed by atoms with Gasteiger partial charge in [0.1, 0.15) is 11.7 Å². The van der Waals surface area contributed by atoms with Crippen molar-refractivity contribution in [2.75, 3.05) is 6.54 Å². The summed E-state index contributed by atoms with van der Waals surface area (Å²) < 4.78 is 9.58. The van der Waals surface area contributed by atoms with Crippen molar-refractivity contribution in [1.29, 1.82) is 0 Å². The highest BCUT2D eigenvalue weighted by molar-refractivity contribution is 7.96. The SMILES string of the molecule is Cc1nnc(SN2CC(=Nc3cc(C4CC4)[nH]n3)n3ccnc3C2)o1. The number of aryl methyl sites for hydroxylation is 1. The van der Waals surface area contributed by atoms with Crippen molar-refractivity contribution in [2.24, 2.45) is 4.99 Å². The van der Waals surface area contributed by atoms with Crippen LogP contribution in [0.5, 0.6) is 0 Å². The van der Waals surface area contributed by atoms with Gasteiger partial charge in [0.2, 0.25) is 5.89 Å². The smallest absolute Gasteiger partial charge is 0.292 e. The summed E-state index contributed by atoms with van der Waals surface area (Å²) in [5.74, 6) is 3.68. The van der Waals surface area contributed by atoms with Crippen LogP contribution >= 0.6 is 11.9 Å². The Hall–Kier alpha value is -2.46. The standard InChI is InChI=1S/C15H16N8OS/c1-9-18-21-15(24-9)25-22-7-13-16-4-5-23(13)14(8-22)17-12-6-11(19-20-12)10-2-3-10/h4-6,10H,2-3,7-8H2,1H3,(H,19,20). The Morgan fingerprint density at radius 2 is 2.24 bits per heavy atom. The van der Waals surface area contributed by atoms with Crippen LogP contribution in [0.4, 0.5) is 5.82 Å². The third-order valence-corrected chi connectivity index (χ3v) is 5.03. The maximum Gasteiger partial charge on any atom is 0.292 e. The van der Waals surface area contributed by atoms with E-state index >= 15 is 0 Å². The van der Waals surface area contributed by atoms with Gasteiger partial charge in [-0.05, 0) is 12.8 Å². The first-order valence-electron chi connectivity index (χ1n) is 8.13. The summed E-state index contributed by atoms with van der Waals surface area (Å²) >= 11 is 1.42. The van der Waals surface area contributed by atoms with Gasteiger partial charge < -0.3 is 4.42 Å². The quantitative estimate of drug-likeness (QED) is 0.716. The van der Waals surface area contributed by atoms with E-state index in [-0.39, 0.29) is 0 Å². The zero-order valence-corrected chi connectivity index (χ0v) is 14.4. The van der Waals surface area contributed by atoms with Crippen LogP contribution in [0.3, 0.4) is 0 Å². The predicted octanol–water partition coefficient (Wildman–Crippen LogP) is 2.28. The number of aliphatic imine (C=N–C) groups is 1. The van der Waals surface area contributed by atoms with Crippen LogP contribution in [0.25, 0.3) is 0 Å². The van der Waals surface area contributed by atoms with Crippen molar-refractivity contribution in [3.8, 4) is 0 Å². The molecule has 5 rings (SSSR count). The number of rotatable bonds is 4. The molecule has 9 nitrogen and oxygen atoms in total. The number of imidazole rings is 1. The van der Waals surface area contributed by atoms with Crippen molar-refractivity contribution in [2.45, 2.75) is 37.5 Å². The van der Waals surface area contributed by atoms with Gasteiger partial charge in [-0.1, -0.05) is 5.10 Å². The molecular weight excluding hydrogens is 340 g/mol. The van der Waals surface area contributed by atoms with Crippen molar-refractivity contribution in [1.82, 2.24) is 34.3 Å². The van der Waals surface area contributed by atoms with E-state index < -0.39 is 0 Å². The molecule has 25 heavy (non-hydrogen) atoms. The Labute approximate surface area is 147 Å². The third-order valence-electron chi connectivity index (χ3n) is 4.19. The largest absolute Gasteiger partial charge is 0.415 e. The number of hydrogen-bond donors (Lipinski definition) is 1. The molecule has 0 radical (unpaired) electrons. The van der Waals surface area contributed by atoms with Crippen LogP contribution in [0.15, 0.2) is 33.1 Å². The number of aromatic amines is 1. The molecule has 0 saturated heterocycles. The second kappa shape index (κ2) is 5.81. The van der Waals surface area contributed by atoms with Gasteiger partial charge in [-0.2, -0.15) is 5.10 Å². The number of aromatic nitrogens is 6. The monoisotopic (exact) mass is 356 g/mol. The highest BCUT2D eigenvalue weighted by atomic mass is 32.2. The number of H-pyrrole nitrogens is 1. The van der Waals surface area contributed by atoms with Crippen molar-refractivity contribution >= 4 is 23.6 Å². The summed E-state index contributed by atoms with van der Waals surface area (Å²) in [7, 11) is 0. The summed E-state index contributed by atoms with van der Waals surface area (Å²) in [4.78, 5) is 9.16. The summed E-state index contributed by atoms with van der Waals surface area (Å²) in [6.07, 6.45) is 6.19. The van der Waals surface area contributed by atoms with Crippen LogP contribution in [0.1, 0.15) is 36.2 Å². The number of hydrogen-bond acceptors (Lipinski definition) is 8. The Bertz CT molecular complexity index is 937. The summed E-state index contributed by atoms with van der Waals surface area (Å²) in [6.45, 7) is 3.08. The molecule has 0 spiro atoms. The van der Waals surface area contributed by atoms with E-state index in [1.54, 1.807) is 13.1 Å². The zero-order valence-electron chi connectivity index (χ0n) is 13.6. The number of nitrogens with one attached hydrogen (secondary N) is 1. The fraction of sp³-hybridized carbons (Fsp3) is 0.400. The molecule has 0 bridgehead atoms. The molecule has 3 aromatic rings. The Morgan fingerprint density at radius 1 is 1.32 bits per heavy atom. The molecule has 0 aromatic carbocycles. The maximum atomic E-state index is 5.46. The molecule has 2 aliphatic rings. The zero-order chi connectivity index (χ0) is 16.8. The fourth-order valence-corrected chi connectivity index (χ4v) is 3.65. The lowest BCUT2D eigenvalue weighted by Gasteiger charge is -2.26. The fourth-order valence-electron chi connectivity index (χ4n) is 2.83. The van der Waals surface area contributed by atoms with Gasteiger partial charge >= 0.3 is 0 Å². The van der Waals surface area contributed by atoms with Crippen LogP contribution < -0.4 is 0 Å². The number of nitrogens with zero attached hydrogens (tertiary/aromatic N) is 7. The highest BCUT2D eigenvalue weighted by Crippen LogP contribution is 2.39. The minimum Gasteiger partial charge on any atom is -0.415 e. The van der Waals surface area contributed by atoms with Crippen LogP contribution in [-0.4, -0.2) is 46.6 Å². The third kappa shape index (κ3) is 2.98. The topological polar surface area (TPSA) is 101 Å². The van der Waals surface area contributed by atoms with Gasteiger partial charge in [-0.3, -0.25) is 9.67 Å². The second-order valence-corrected chi connectivity index (χ2v) is 7.22. The van der Waals surface area contributed by atoms with E-state index in [0.29, 0.717) is 35.9 Å². The van der Waals surface area contributed by atoms with E-state index in [2.05, 4.69) is 29.7 Å². The maximum absolute atomic E-state index is 5.46. The Balaban J connectivity index is 1.42. The van der Waals surface area contributed by atoms with E-state index in [9.17, 15) is 0 Å². The molecule has 4 heterocycles. The molecule has 1 saturated carbocycles.